The number of nitrogens with one attached hydrogen (secondary N) is 1. The van der Waals surface area contributed by atoms with Gasteiger partial charge in [-0.2, -0.15) is 0 Å². The fourth-order valence-corrected chi connectivity index (χ4v) is 5.34. The van der Waals surface area contributed by atoms with Crippen LogP contribution in [0.2, 0.25) is 0 Å². The molecule has 5 aromatic rings. The number of tetrazole rings is 1. The lowest BCUT2D eigenvalue weighted by Gasteiger charge is -2.39. The lowest BCUT2D eigenvalue weighted by atomic mass is 10.0. The number of fused-ring (bicyclic) bond motifs is 1. The van der Waals surface area contributed by atoms with Gasteiger partial charge in [-0.3, -0.25) is 9.69 Å². The summed E-state index contributed by atoms with van der Waals surface area (Å²) in [6.45, 7) is 5.71. The van der Waals surface area contributed by atoms with Gasteiger partial charge in [-0.25, -0.2) is 4.68 Å². The Hall–Kier alpha value is -4.50. The van der Waals surface area contributed by atoms with E-state index in [2.05, 4.69) is 66.7 Å². The third-order valence-electron chi connectivity index (χ3n) is 7.42. The van der Waals surface area contributed by atoms with Gasteiger partial charge in [-0.1, -0.05) is 42.5 Å². The van der Waals surface area contributed by atoms with Crippen LogP contribution in [0.3, 0.4) is 0 Å². The smallest absolute Gasteiger partial charge is 0.253 e. The van der Waals surface area contributed by atoms with Crippen molar-refractivity contribution in [3.05, 3.63) is 112 Å². The molecule has 9 nitrogen and oxygen atoms in total. The molecule has 9 heteroatoms. The summed E-state index contributed by atoms with van der Waals surface area (Å²) in [7, 11) is 1.65. The largest absolute Gasteiger partial charge is 0.497 e. The van der Waals surface area contributed by atoms with Gasteiger partial charge in [-0.15, -0.1) is 5.10 Å². The van der Waals surface area contributed by atoms with E-state index >= 15 is 0 Å². The molecule has 198 valence electrons. The highest BCUT2D eigenvalue weighted by molar-refractivity contribution is 5.79. The monoisotopic (exact) mass is 521 g/mol. The highest BCUT2D eigenvalue weighted by Gasteiger charge is 2.32. The average Bonchev–Trinajstić information content (AvgIpc) is 3.42. The molecule has 0 unspecified atom stereocenters. The molecular formula is C30H31N7O2. The molecule has 1 N–H and O–H groups in total. The number of piperazine rings is 1. The Morgan fingerprint density at radius 3 is 2.46 bits per heavy atom. The number of aryl methyl sites for hydroxylation is 1. The van der Waals surface area contributed by atoms with E-state index in [9.17, 15) is 4.79 Å². The summed E-state index contributed by atoms with van der Waals surface area (Å²) in [5.74, 6) is 1.44. The number of rotatable bonds is 7. The molecule has 0 bridgehead atoms. The van der Waals surface area contributed by atoms with Gasteiger partial charge in [0.05, 0.1) is 13.7 Å². The Labute approximate surface area is 226 Å². The Balaban J connectivity index is 1.37. The second-order valence-electron chi connectivity index (χ2n) is 9.95. The number of benzene rings is 3. The van der Waals surface area contributed by atoms with Crippen molar-refractivity contribution in [2.45, 2.75) is 19.5 Å². The summed E-state index contributed by atoms with van der Waals surface area (Å²) in [5, 5.41) is 13.8. The van der Waals surface area contributed by atoms with Crippen molar-refractivity contribution < 1.29 is 4.74 Å². The highest BCUT2D eigenvalue weighted by Crippen LogP contribution is 2.29. The first-order chi connectivity index (χ1) is 19.1. The Morgan fingerprint density at radius 1 is 0.949 bits per heavy atom. The third-order valence-corrected chi connectivity index (χ3v) is 7.42. The topological polar surface area (TPSA) is 92.2 Å². The van der Waals surface area contributed by atoms with Crippen LogP contribution >= 0.6 is 0 Å². The van der Waals surface area contributed by atoms with E-state index in [1.54, 1.807) is 11.8 Å². The fraction of sp³-hybridized carbons (Fsp3) is 0.267. The maximum absolute atomic E-state index is 13.6. The van der Waals surface area contributed by atoms with E-state index in [-0.39, 0.29) is 5.56 Å². The van der Waals surface area contributed by atoms with E-state index < -0.39 is 6.04 Å². The predicted octanol–water partition coefficient (Wildman–Crippen LogP) is 3.79. The van der Waals surface area contributed by atoms with Gasteiger partial charge in [0.15, 0.2) is 5.82 Å². The van der Waals surface area contributed by atoms with Crippen molar-refractivity contribution in [2.24, 2.45) is 0 Å². The van der Waals surface area contributed by atoms with Gasteiger partial charge in [0.2, 0.25) is 0 Å². The molecule has 3 aromatic carbocycles. The van der Waals surface area contributed by atoms with Crippen LogP contribution in [-0.2, 0) is 6.54 Å². The van der Waals surface area contributed by atoms with Crippen molar-refractivity contribution >= 4 is 16.6 Å². The number of anilines is 1. The van der Waals surface area contributed by atoms with E-state index in [4.69, 9.17) is 4.74 Å². The van der Waals surface area contributed by atoms with Crippen LogP contribution in [0.4, 0.5) is 5.69 Å². The van der Waals surface area contributed by atoms with Crippen LogP contribution in [0, 0.1) is 6.92 Å². The van der Waals surface area contributed by atoms with Gasteiger partial charge in [0.25, 0.3) is 5.56 Å². The van der Waals surface area contributed by atoms with Crippen LogP contribution in [0.25, 0.3) is 10.9 Å². The van der Waals surface area contributed by atoms with Gasteiger partial charge in [-0.05, 0) is 70.3 Å². The molecule has 1 aliphatic rings. The molecule has 2 aromatic heterocycles. The number of nitrogens with zero attached hydrogens (tertiary/aromatic N) is 6. The molecule has 0 spiro atoms. The molecule has 0 saturated carbocycles. The molecule has 39 heavy (non-hydrogen) atoms. The van der Waals surface area contributed by atoms with E-state index in [0.29, 0.717) is 17.9 Å². The molecule has 0 amide bonds. The predicted molar refractivity (Wildman–Crippen MR) is 151 cm³/mol. The Bertz CT molecular complexity index is 1620. The summed E-state index contributed by atoms with van der Waals surface area (Å²) < 4.78 is 7.10. The minimum Gasteiger partial charge on any atom is -0.497 e. The normalized spacial score (nSPS) is 15.0. The zero-order chi connectivity index (χ0) is 26.8. The number of ether oxygens (including phenoxy) is 1. The van der Waals surface area contributed by atoms with E-state index in [1.165, 1.54) is 5.69 Å². The van der Waals surface area contributed by atoms with Crippen LogP contribution in [0.1, 0.15) is 28.6 Å². The van der Waals surface area contributed by atoms with Crippen LogP contribution < -0.4 is 15.2 Å². The molecule has 0 radical (unpaired) electrons. The maximum Gasteiger partial charge on any atom is 0.253 e. The van der Waals surface area contributed by atoms with Crippen molar-refractivity contribution in [2.75, 3.05) is 38.2 Å². The molecule has 1 atom stereocenters. The highest BCUT2D eigenvalue weighted by atomic mass is 16.5. The van der Waals surface area contributed by atoms with E-state index in [0.717, 1.165) is 54.0 Å². The number of hydrogen-bond acceptors (Lipinski definition) is 7. The number of aromatic amines is 1. The molecule has 3 heterocycles. The van der Waals surface area contributed by atoms with Crippen molar-refractivity contribution in [3.8, 4) is 5.75 Å². The first-order valence-electron chi connectivity index (χ1n) is 13.2. The van der Waals surface area contributed by atoms with Gasteiger partial charge in [0.1, 0.15) is 11.8 Å². The third kappa shape index (κ3) is 5.13. The first-order valence-corrected chi connectivity index (χ1v) is 13.2. The standard InChI is InChI=1S/C30H31N7O2/c1-21-8-11-23-19-26(30(38)31-27(23)18-21)28(36-16-14-35(15-17-36)24-6-4-3-5-7-24)29-32-33-34-37(29)20-22-9-12-25(39-2)13-10-22/h3-13,18-19,28H,14-17,20H2,1-2H3,(H,31,38)/t28-/m0/s1. The summed E-state index contributed by atoms with van der Waals surface area (Å²) in [6, 6.07) is 26.0. The number of H-pyrrole nitrogens is 1. The minimum atomic E-state index is -0.398. The zero-order valence-corrected chi connectivity index (χ0v) is 22.1. The number of para-hydroxylation sites is 1. The Kier molecular flexibility index (Phi) is 6.81. The second kappa shape index (κ2) is 10.7. The summed E-state index contributed by atoms with van der Waals surface area (Å²) in [4.78, 5) is 21.4. The van der Waals surface area contributed by atoms with Gasteiger partial charge in [0, 0.05) is 42.9 Å². The van der Waals surface area contributed by atoms with Crippen molar-refractivity contribution in [3.63, 3.8) is 0 Å². The van der Waals surface area contributed by atoms with Crippen molar-refractivity contribution in [1.82, 2.24) is 30.1 Å². The first kappa shape index (κ1) is 24.8. The van der Waals surface area contributed by atoms with Crippen LogP contribution in [0.15, 0.2) is 83.7 Å². The number of aromatic nitrogens is 5. The summed E-state index contributed by atoms with van der Waals surface area (Å²) >= 11 is 0. The van der Waals surface area contributed by atoms with Crippen molar-refractivity contribution in [1.29, 1.82) is 0 Å². The van der Waals surface area contributed by atoms with Gasteiger partial charge >= 0.3 is 0 Å². The fourth-order valence-electron chi connectivity index (χ4n) is 5.34. The minimum absolute atomic E-state index is 0.123. The molecular weight excluding hydrogens is 490 g/mol. The summed E-state index contributed by atoms with van der Waals surface area (Å²) in [6.07, 6.45) is 0. The van der Waals surface area contributed by atoms with Crippen LogP contribution in [-0.4, -0.2) is 63.4 Å². The number of pyridine rings is 1. The zero-order valence-electron chi connectivity index (χ0n) is 22.1. The van der Waals surface area contributed by atoms with Crippen LogP contribution in [0.5, 0.6) is 5.75 Å². The second-order valence-corrected chi connectivity index (χ2v) is 9.95. The SMILES string of the molecule is COc1ccc(Cn2nnnc2[C@H](c2cc3ccc(C)cc3[nH]c2=O)N2CCN(c3ccccc3)CC2)cc1. The molecule has 0 aliphatic carbocycles. The Morgan fingerprint density at radius 2 is 1.72 bits per heavy atom. The van der Waals surface area contributed by atoms with E-state index in [1.807, 2.05) is 49.4 Å². The molecule has 6 rings (SSSR count). The number of hydrogen-bond donors (Lipinski definition) is 1. The lowest BCUT2D eigenvalue weighted by molar-refractivity contribution is 0.200. The number of methoxy groups -OCH3 is 1. The molecule has 1 saturated heterocycles. The quantitative estimate of drug-likeness (QED) is 0.348. The maximum atomic E-state index is 13.6. The lowest BCUT2D eigenvalue weighted by Crippen LogP contribution is -2.49. The average molecular weight is 522 g/mol. The molecule has 1 fully saturated rings. The molecule has 1 aliphatic heterocycles. The summed E-state index contributed by atoms with van der Waals surface area (Å²) in [5.41, 5.74) is 4.70. The van der Waals surface area contributed by atoms with Gasteiger partial charge < -0.3 is 14.6 Å².